The zero-order valence-electron chi connectivity index (χ0n) is 30.8. The van der Waals surface area contributed by atoms with Crippen LogP contribution in [-0.4, -0.2) is 92.7 Å². The van der Waals surface area contributed by atoms with Gasteiger partial charge in [-0.05, 0) is 110 Å². The van der Waals surface area contributed by atoms with E-state index in [2.05, 4.69) is 0 Å². The van der Waals surface area contributed by atoms with Crippen LogP contribution in [0.2, 0.25) is 10.0 Å². The van der Waals surface area contributed by atoms with Gasteiger partial charge >= 0.3 is 0 Å². The molecule has 2 fully saturated rings. The summed E-state index contributed by atoms with van der Waals surface area (Å²) in [6.45, 7) is 8.47. The summed E-state index contributed by atoms with van der Waals surface area (Å²) >= 11 is 12.7. The van der Waals surface area contributed by atoms with Gasteiger partial charge in [0.1, 0.15) is 60.3 Å². The summed E-state index contributed by atoms with van der Waals surface area (Å²) in [4.78, 5) is 0. The standard InChI is InChI=1S/2C21H25ClO5/c2*1-3-26-16-7-4-13(5-8-16)10-15-11-14(6-9-17(15)22)21-20(25)19(24)18(23)12(2)27-21/h2*4-9,11-12,18-21,23-25H,3,10H2,1-2H3. The van der Waals surface area contributed by atoms with Crippen LogP contribution < -0.4 is 9.47 Å². The summed E-state index contributed by atoms with van der Waals surface area (Å²) in [5.41, 5.74) is 5.36. The Morgan fingerprint density at radius 1 is 0.500 bits per heavy atom. The van der Waals surface area contributed by atoms with Gasteiger partial charge in [-0.1, -0.05) is 71.7 Å². The van der Waals surface area contributed by atoms with Gasteiger partial charge in [-0.3, -0.25) is 0 Å². The zero-order valence-corrected chi connectivity index (χ0v) is 32.3. The van der Waals surface area contributed by atoms with Gasteiger partial charge in [0.05, 0.1) is 25.4 Å². The minimum atomic E-state index is -1.26. The first-order chi connectivity index (χ1) is 25.8. The average Bonchev–Trinajstić information content (AvgIpc) is 3.17. The van der Waals surface area contributed by atoms with E-state index in [1.165, 1.54) is 0 Å². The van der Waals surface area contributed by atoms with Crippen LogP contribution in [0.4, 0.5) is 0 Å². The minimum Gasteiger partial charge on any atom is -0.494 e. The third kappa shape index (κ3) is 10.1. The Morgan fingerprint density at radius 2 is 0.852 bits per heavy atom. The number of rotatable bonds is 10. The molecule has 10 nitrogen and oxygen atoms in total. The highest BCUT2D eigenvalue weighted by molar-refractivity contribution is 6.31. The number of benzene rings is 4. The van der Waals surface area contributed by atoms with Gasteiger partial charge in [0.15, 0.2) is 0 Å². The van der Waals surface area contributed by atoms with Crippen molar-refractivity contribution < 1.29 is 49.6 Å². The molecule has 0 aromatic heterocycles. The van der Waals surface area contributed by atoms with Crippen LogP contribution in [0.3, 0.4) is 0 Å². The Bertz CT molecular complexity index is 1660. The molecular weight excluding hydrogens is 735 g/mol. The second-order valence-corrected chi connectivity index (χ2v) is 14.5. The van der Waals surface area contributed by atoms with Crippen molar-refractivity contribution in [2.45, 2.75) is 102 Å². The summed E-state index contributed by atoms with van der Waals surface area (Å²) < 4.78 is 22.4. The van der Waals surface area contributed by atoms with E-state index in [1.807, 2.05) is 74.5 Å². The van der Waals surface area contributed by atoms with Crippen molar-refractivity contribution in [2.24, 2.45) is 0 Å². The minimum absolute atomic E-state index is 0.585. The number of ether oxygens (including phenoxy) is 4. The van der Waals surface area contributed by atoms with E-state index in [-0.39, 0.29) is 0 Å². The molecule has 12 heteroatoms. The average molecular weight is 786 g/mol. The summed E-state index contributed by atoms with van der Waals surface area (Å²) in [7, 11) is 0. The lowest BCUT2D eigenvalue weighted by Gasteiger charge is -2.39. The topological polar surface area (TPSA) is 158 Å². The number of hydrogen-bond donors (Lipinski definition) is 6. The van der Waals surface area contributed by atoms with E-state index in [1.54, 1.807) is 38.1 Å². The number of aliphatic hydroxyl groups is 6. The van der Waals surface area contributed by atoms with Crippen molar-refractivity contribution in [2.75, 3.05) is 13.2 Å². The number of halogens is 2. The molecule has 10 unspecified atom stereocenters. The van der Waals surface area contributed by atoms with Crippen LogP contribution in [0.15, 0.2) is 84.9 Å². The van der Waals surface area contributed by atoms with Crippen LogP contribution in [0, 0.1) is 0 Å². The molecule has 54 heavy (non-hydrogen) atoms. The lowest BCUT2D eigenvalue weighted by Crippen LogP contribution is -2.53. The summed E-state index contributed by atoms with van der Waals surface area (Å²) in [6, 6.07) is 26.5. The third-order valence-corrected chi connectivity index (χ3v) is 10.5. The van der Waals surface area contributed by atoms with Crippen molar-refractivity contribution >= 4 is 23.2 Å². The molecule has 10 atom stereocenters. The van der Waals surface area contributed by atoms with Gasteiger partial charge in [-0.2, -0.15) is 0 Å². The molecule has 0 radical (unpaired) electrons. The van der Waals surface area contributed by atoms with Gasteiger partial charge in [-0.25, -0.2) is 0 Å². The molecule has 292 valence electrons. The van der Waals surface area contributed by atoms with Crippen LogP contribution in [0.5, 0.6) is 11.5 Å². The second kappa shape index (κ2) is 19.1. The molecule has 2 saturated heterocycles. The molecule has 4 aromatic rings. The van der Waals surface area contributed by atoms with E-state index in [4.69, 9.17) is 42.1 Å². The Labute approximate surface area is 326 Å². The fourth-order valence-electron chi connectivity index (χ4n) is 6.65. The molecule has 0 bridgehead atoms. The van der Waals surface area contributed by atoms with Gasteiger partial charge in [0.25, 0.3) is 0 Å². The van der Waals surface area contributed by atoms with Crippen molar-refractivity contribution in [3.63, 3.8) is 0 Å². The molecule has 0 spiro atoms. The lowest BCUT2D eigenvalue weighted by molar-refractivity contribution is -0.219. The van der Waals surface area contributed by atoms with E-state index in [9.17, 15) is 30.6 Å². The first-order valence-electron chi connectivity index (χ1n) is 18.2. The van der Waals surface area contributed by atoms with Crippen molar-refractivity contribution in [3.8, 4) is 11.5 Å². The van der Waals surface area contributed by atoms with Crippen LogP contribution in [0.25, 0.3) is 0 Å². The number of hydrogen-bond acceptors (Lipinski definition) is 10. The predicted octanol–water partition coefficient (Wildman–Crippen LogP) is 5.74. The Hall–Kier alpha value is -3.26. The maximum Gasteiger partial charge on any atom is 0.119 e. The maximum atomic E-state index is 10.3. The van der Waals surface area contributed by atoms with Crippen LogP contribution in [-0.2, 0) is 22.3 Å². The molecule has 6 rings (SSSR count). The maximum absolute atomic E-state index is 10.3. The summed E-state index contributed by atoms with van der Waals surface area (Å²) in [6.07, 6.45) is -8.58. The highest BCUT2D eigenvalue weighted by Gasteiger charge is 2.43. The van der Waals surface area contributed by atoms with Gasteiger partial charge in [-0.15, -0.1) is 0 Å². The fourth-order valence-corrected chi connectivity index (χ4v) is 7.02. The molecule has 2 aliphatic rings. The van der Waals surface area contributed by atoms with Crippen LogP contribution in [0.1, 0.15) is 73.3 Å². The molecule has 2 heterocycles. The van der Waals surface area contributed by atoms with E-state index < -0.39 is 61.0 Å². The van der Waals surface area contributed by atoms with E-state index in [0.717, 1.165) is 33.8 Å². The molecule has 6 N–H and O–H groups in total. The first-order valence-corrected chi connectivity index (χ1v) is 19.0. The molecule has 0 aliphatic carbocycles. The third-order valence-electron chi connectivity index (χ3n) is 9.76. The molecular formula is C42H50Cl2O10. The second-order valence-electron chi connectivity index (χ2n) is 13.7. The quantitative estimate of drug-likeness (QED) is 0.117. The zero-order chi connectivity index (χ0) is 39.1. The van der Waals surface area contributed by atoms with E-state index in [0.29, 0.717) is 47.2 Å². The first kappa shape index (κ1) is 41.9. The summed E-state index contributed by atoms with van der Waals surface area (Å²) in [5.74, 6) is 1.64. The van der Waals surface area contributed by atoms with Crippen molar-refractivity contribution in [3.05, 3.63) is 128 Å². The highest BCUT2D eigenvalue weighted by atomic mass is 35.5. The molecule has 0 saturated carbocycles. The number of aliphatic hydroxyl groups excluding tert-OH is 6. The lowest BCUT2D eigenvalue weighted by atomic mass is 9.90. The molecule has 4 aromatic carbocycles. The normalized spacial score (nSPS) is 28.1. The van der Waals surface area contributed by atoms with E-state index >= 15 is 0 Å². The Kier molecular flexibility index (Phi) is 14.8. The van der Waals surface area contributed by atoms with Gasteiger partial charge in [0.2, 0.25) is 0 Å². The fraction of sp³-hybridized carbons (Fsp3) is 0.429. The monoisotopic (exact) mass is 784 g/mol. The molecule has 0 amide bonds. The molecule has 2 aliphatic heterocycles. The van der Waals surface area contributed by atoms with Gasteiger partial charge < -0.3 is 49.6 Å². The Balaban J connectivity index is 0.000000208. The summed E-state index contributed by atoms with van der Waals surface area (Å²) in [5, 5.41) is 61.7. The Morgan fingerprint density at radius 3 is 1.19 bits per heavy atom. The SMILES string of the molecule is CCOc1ccc(Cc2cc(C3OC(C)C(O)C(O)C3O)ccc2Cl)cc1.CCOc1ccc(Cc2cc(C3OC(C)C(O)C(O)C3O)ccc2Cl)cc1. The van der Waals surface area contributed by atoms with Crippen molar-refractivity contribution in [1.29, 1.82) is 0 Å². The van der Waals surface area contributed by atoms with Gasteiger partial charge in [0, 0.05) is 10.0 Å². The van der Waals surface area contributed by atoms with Crippen LogP contribution >= 0.6 is 23.2 Å². The largest absolute Gasteiger partial charge is 0.494 e. The highest BCUT2D eigenvalue weighted by Crippen LogP contribution is 2.36. The predicted molar refractivity (Wildman–Crippen MR) is 206 cm³/mol. The van der Waals surface area contributed by atoms with Crippen molar-refractivity contribution in [1.82, 2.24) is 0 Å². The smallest absolute Gasteiger partial charge is 0.119 e.